The van der Waals surface area contributed by atoms with Crippen LogP contribution in [0.1, 0.15) is 44.3 Å². The summed E-state index contributed by atoms with van der Waals surface area (Å²) in [5, 5.41) is 15.7. The molecule has 0 radical (unpaired) electrons. The first-order valence-electron chi connectivity index (χ1n) is 13.7. The van der Waals surface area contributed by atoms with Crippen LogP contribution >= 0.6 is 11.6 Å². The maximum Gasteiger partial charge on any atom is 0.416 e. The van der Waals surface area contributed by atoms with Crippen LogP contribution in [0.3, 0.4) is 0 Å². The summed E-state index contributed by atoms with van der Waals surface area (Å²) < 4.78 is 70.8. The molecule has 2 aliphatic heterocycles. The van der Waals surface area contributed by atoms with Crippen molar-refractivity contribution in [3.8, 4) is 17.2 Å². The van der Waals surface area contributed by atoms with Crippen molar-refractivity contribution in [1.29, 1.82) is 5.26 Å². The maximum atomic E-state index is 14.5. The number of benzene rings is 3. The normalized spacial score (nSPS) is 15.5. The number of nitrogens with one attached hydrogen (secondary N) is 2. The average molecular weight is 649 g/mol. The highest BCUT2D eigenvalue weighted by Crippen LogP contribution is 2.50. The summed E-state index contributed by atoms with van der Waals surface area (Å²) in [4.78, 5) is 32.6. The lowest BCUT2D eigenvalue weighted by Gasteiger charge is -2.35. The highest BCUT2D eigenvalue weighted by Gasteiger charge is 2.41. The van der Waals surface area contributed by atoms with Gasteiger partial charge in [0.15, 0.2) is 0 Å². The number of urea groups is 1. The average Bonchev–Trinajstić information content (AvgIpc) is 3.68. The monoisotopic (exact) mass is 648 g/mol. The number of aromatic nitrogens is 2. The highest BCUT2D eigenvalue weighted by molar-refractivity contribution is 6.31. The van der Waals surface area contributed by atoms with Gasteiger partial charge in [-0.05, 0) is 72.1 Å². The highest BCUT2D eigenvalue weighted by atomic mass is 35.5. The van der Waals surface area contributed by atoms with Crippen LogP contribution in [0.15, 0.2) is 67.0 Å². The van der Waals surface area contributed by atoms with Crippen LogP contribution in [0.5, 0.6) is 0 Å². The minimum atomic E-state index is -4.92. The van der Waals surface area contributed by atoms with Gasteiger partial charge in [-0.2, -0.15) is 18.4 Å². The van der Waals surface area contributed by atoms with Gasteiger partial charge < -0.3 is 10.6 Å². The molecule has 1 unspecified atom stereocenters. The molecule has 0 spiro atoms. The molecule has 46 heavy (non-hydrogen) atoms. The van der Waals surface area contributed by atoms with E-state index in [1.165, 1.54) is 23.2 Å². The molecule has 8 nitrogen and oxygen atoms in total. The number of alkyl halides is 3. The molecule has 1 atom stereocenters. The maximum absolute atomic E-state index is 14.5. The SMILES string of the molecule is N#Cc1c(-c2cc(NC(=O)c3cc(F)cc(C(F)(F)F)c3)c3c4c2CCN4C(=O)NC3c2cc(F)ccc2Cl)ccc2nccn12. The number of hydrogen-bond acceptors (Lipinski definition) is 4. The quantitative estimate of drug-likeness (QED) is 0.200. The van der Waals surface area contributed by atoms with Crippen molar-refractivity contribution in [2.45, 2.75) is 18.6 Å². The molecule has 14 heteroatoms. The molecule has 4 heterocycles. The topological polar surface area (TPSA) is 103 Å². The van der Waals surface area contributed by atoms with Gasteiger partial charge in [-0.15, -0.1) is 0 Å². The molecule has 7 rings (SSSR count). The van der Waals surface area contributed by atoms with Crippen molar-refractivity contribution in [3.63, 3.8) is 0 Å². The molecule has 2 N–H and O–H groups in total. The second-order valence-corrected chi connectivity index (χ2v) is 11.1. The number of imidazole rings is 1. The summed E-state index contributed by atoms with van der Waals surface area (Å²) in [5.41, 5.74) is 1.08. The number of carbonyl (C=O) groups is 2. The number of anilines is 2. The number of carbonyl (C=O) groups excluding carboxylic acids is 2. The van der Waals surface area contributed by atoms with Crippen molar-refractivity contribution >= 4 is 40.6 Å². The third-order valence-corrected chi connectivity index (χ3v) is 8.41. The van der Waals surface area contributed by atoms with Crippen molar-refractivity contribution < 1.29 is 31.5 Å². The number of fused-ring (bicyclic) bond motifs is 1. The van der Waals surface area contributed by atoms with E-state index in [0.29, 0.717) is 46.6 Å². The summed E-state index contributed by atoms with van der Waals surface area (Å²) >= 11 is 6.47. The van der Waals surface area contributed by atoms with Crippen LogP contribution in [0, 0.1) is 23.0 Å². The predicted molar refractivity (Wildman–Crippen MR) is 158 cm³/mol. The van der Waals surface area contributed by atoms with E-state index in [-0.39, 0.29) is 40.1 Å². The first-order valence-corrected chi connectivity index (χ1v) is 14.1. The Bertz CT molecular complexity index is 2170. The van der Waals surface area contributed by atoms with Crippen molar-refractivity contribution in [2.75, 3.05) is 16.8 Å². The van der Waals surface area contributed by atoms with E-state index < -0.39 is 46.9 Å². The number of pyridine rings is 1. The zero-order valence-electron chi connectivity index (χ0n) is 23.2. The number of hydrogen-bond donors (Lipinski definition) is 2. The van der Waals surface area contributed by atoms with E-state index in [0.717, 1.165) is 12.1 Å². The molecule has 0 saturated heterocycles. The lowest BCUT2D eigenvalue weighted by Crippen LogP contribution is -2.46. The standard InChI is InChI=1S/C32H18ClF5N6O2/c33-23-3-1-17(34)12-22(23)28-27-24(41-30(45)15-9-16(32(36,37)38)11-18(35)10-15)13-21(20-5-7-44(29(20)27)31(46)42-28)19-2-4-26-40-6-8-43(26)25(19)14-39/h1-4,6,8-13,28H,5,7H2,(H,41,45)(H,42,46). The molecular weight excluding hydrogens is 631 g/mol. The Hall–Kier alpha value is -5.48. The Morgan fingerprint density at radius 1 is 1.07 bits per heavy atom. The van der Waals surface area contributed by atoms with Gasteiger partial charge in [0.25, 0.3) is 5.91 Å². The molecular formula is C32H18ClF5N6O2. The Morgan fingerprint density at radius 3 is 2.63 bits per heavy atom. The lowest BCUT2D eigenvalue weighted by molar-refractivity contribution is -0.137. The third kappa shape index (κ3) is 4.69. The van der Waals surface area contributed by atoms with E-state index >= 15 is 0 Å². The second kappa shape index (κ2) is 10.6. The minimum Gasteiger partial charge on any atom is -0.327 e. The molecule has 0 aliphatic carbocycles. The Labute approximate surface area is 261 Å². The van der Waals surface area contributed by atoms with Gasteiger partial charge in [-0.3, -0.25) is 14.1 Å². The van der Waals surface area contributed by atoms with Crippen LogP contribution in [-0.4, -0.2) is 27.9 Å². The van der Waals surface area contributed by atoms with Crippen LogP contribution < -0.4 is 15.5 Å². The molecule has 2 aromatic heterocycles. The van der Waals surface area contributed by atoms with Gasteiger partial charge in [0, 0.05) is 51.9 Å². The Morgan fingerprint density at radius 2 is 1.87 bits per heavy atom. The number of amides is 3. The van der Waals surface area contributed by atoms with Gasteiger partial charge in [-0.1, -0.05) is 11.6 Å². The zero-order valence-corrected chi connectivity index (χ0v) is 24.0. The fourth-order valence-corrected chi connectivity index (χ4v) is 6.34. The van der Waals surface area contributed by atoms with E-state index in [1.807, 2.05) is 0 Å². The van der Waals surface area contributed by atoms with E-state index in [1.54, 1.807) is 22.7 Å². The largest absolute Gasteiger partial charge is 0.416 e. The van der Waals surface area contributed by atoms with Crippen molar-refractivity contribution in [3.05, 3.63) is 117 Å². The summed E-state index contributed by atoms with van der Waals surface area (Å²) in [6, 6.07) is 10.5. The van der Waals surface area contributed by atoms with Gasteiger partial charge in [-0.25, -0.2) is 18.6 Å². The molecule has 3 amide bonds. The molecule has 0 saturated carbocycles. The third-order valence-electron chi connectivity index (χ3n) is 8.07. The van der Waals surface area contributed by atoms with Crippen LogP contribution in [0.4, 0.5) is 38.1 Å². The first-order chi connectivity index (χ1) is 21.9. The van der Waals surface area contributed by atoms with Gasteiger partial charge >= 0.3 is 12.2 Å². The van der Waals surface area contributed by atoms with E-state index in [9.17, 15) is 36.8 Å². The molecule has 230 valence electrons. The molecule has 2 aliphatic rings. The molecule has 3 aromatic carbocycles. The Kier molecular flexibility index (Phi) is 6.71. The molecule has 5 aromatic rings. The van der Waals surface area contributed by atoms with Gasteiger partial charge in [0.2, 0.25) is 0 Å². The smallest absolute Gasteiger partial charge is 0.327 e. The van der Waals surface area contributed by atoms with Crippen LogP contribution in [0.25, 0.3) is 16.8 Å². The zero-order chi connectivity index (χ0) is 32.5. The number of halogens is 6. The van der Waals surface area contributed by atoms with Crippen molar-refractivity contribution in [2.24, 2.45) is 0 Å². The number of rotatable bonds is 4. The summed E-state index contributed by atoms with van der Waals surface area (Å²) in [5.74, 6) is -3.00. The number of nitriles is 1. The van der Waals surface area contributed by atoms with Crippen molar-refractivity contribution in [1.82, 2.24) is 14.7 Å². The summed E-state index contributed by atoms with van der Waals surface area (Å²) in [6.45, 7) is 0.218. The Balaban J connectivity index is 1.48. The van der Waals surface area contributed by atoms with Gasteiger partial charge in [0.1, 0.15) is 29.0 Å². The fourth-order valence-electron chi connectivity index (χ4n) is 6.11. The second-order valence-electron chi connectivity index (χ2n) is 10.7. The minimum absolute atomic E-state index is 0.0171. The van der Waals surface area contributed by atoms with E-state index in [2.05, 4.69) is 21.7 Å². The number of nitrogens with zero attached hydrogens (tertiary/aromatic N) is 4. The summed E-state index contributed by atoms with van der Waals surface area (Å²) in [6.07, 6.45) is -1.46. The van der Waals surface area contributed by atoms with Crippen LogP contribution in [-0.2, 0) is 12.6 Å². The predicted octanol–water partition coefficient (Wildman–Crippen LogP) is 7.25. The van der Waals surface area contributed by atoms with Gasteiger partial charge in [0.05, 0.1) is 17.3 Å². The lowest BCUT2D eigenvalue weighted by atomic mass is 9.87. The molecule has 0 fully saturated rings. The molecule has 0 bridgehead atoms. The van der Waals surface area contributed by atoms with E-state index in [4.69, 9.17) is 11.6 Å². The first kappa shape index (κ1) is 29.2. The summed E-state index contributed by atoms with van der Waals surface area (Å²) in [7, 11) is 0. The van der Waals surface area contributed by atoms with Crippen LogP contribution in [0.2, 0.25) is 5.02 Å². The fraction of sp³-hybridized carbons (Fsp3) is 0.125.